The second kappa shape index (κ2) is 7.67. The fourth-order valence-corrected chi connectivity index (χ4v) is 4.21. The minimum atomic E-state index is -3.68. The van der Waals surface area contributed by atoms with Gasteiger partial charge >= 0.3 is 0 Å². The summed E-state index contributed by atoms with van der Waals surface area (Å²) >= 11 is 0. The first-order valence-corrected chi connectivity index (χ1v) is 9.76. The molecule has 6 nitrogen and oxygen atoms in total. The van der Waals surface area contributed by atoms with Gasteiger partial charge in [-0.25, -0.2) is 8.42 Å². The third-order valence-electron chi connectivity index (χ3n) is 4.06. The van der Waals surface area contributed by atoms with Crippen LogP contribution in [-0.4, -0.2) is 32.7 Å². The van der Waals surface area contributed by atoms with Crippen molar-refractivity contribution in [2.24, 2.45) is 0 Å². The van der Waals surface area contributed by atoms with Crippen molar-refractivity contribution in [1.29, 1.82) is 0 Å². The molecule has 1 N–H and O–H groups in total. The summed E-state index contributed by atoms with van der Waals surface area (Å²) in [7, 11) is -0.779. The van der Waals surface area contributed by atoms with Crippen LogP contribution in [0.3, 0.4) is 0 Å². The summed E-state index contributed by atoms with van der Waals surface area (Å²) in [5, 5.41) is 9.41. The lowest BCUT2D eigenvalue weighted by Gasteiger charge is -2.12. The summed E-state index contributed by atoms with van der Waals surface area (Å²) < 4.78 is 36.2. The van der Waals surface area contributed by atoms with Crippen LogP contribution < -0.4 is 9.47 Å². The molecule has 0 spiro atoms. The standard InChI is InChI=1S/C20H19NO5S/c1-25-18-7-8-19(26-2)20(10-18)27(23,24)13-14-9-16(12-21-11-14)15-3-5-17(22)6-4-15/h3-12,22H,13H2,1-2H3. The Hall–Kier alpha value is -3.06. The van der Waals surface area contributed by atoms with Gasteiger partial charge in [-0.1, -0.05) is 12.1 Å². The second-order valence-electron chi connectivity index (χ2n) is 5.90. The Bertz CT molecular complexity index is 1050. The van der Waals surface area contributed by atoms with Crippen molar-refractivity contribution in [3.05, 3.63) is 66.5 Å². The Morgan fingerprint density at radius 3 is 2.33 bits per heavy atom. The van der Waals surface area contributed by atoms with Gasteiger partial charge in [0.2, 0.25) is 0 Å². The third-order valence-corrected chi connectivity index (χ3v) is 5.76. The normalized spacial score (nSPS) is 11.2. The van der Waals surface area contributed by atoms with Gasteiger partial charge in [0.25, 0.3) is 0 Å². The first-order valence-electron chi connectivity index (χ1n) is 8.11. The molecule has 0 aliphatic carbocycles. The average molecular weight is 385 g/mol. The molecule has 0 bridgehead atoms. The zero-order valence-electron chi connectivity index (χ0n) is 14.9. The SMILES string of the molecule is COc1ccc(OC)c(S(=O)(=O)Cc2cncc(-c3ccc(O)cc3)c2)c1. The third kappa shape index (κ3) is 4.20. The van der Waals surface area contributed by atoms with Gasteiger partial charge in [0.05, 0.1) is 20.0 Å². The van der Waals surface area contributed by atoms with Crippen LogP contribution in [0.2, 0.25) is 0 Å². The molecule has 27 heavy (non-hydrogen) atoms. The maximum atomic E-state index is 12.9. The molecule has 0 atom stereocenters. The van der Waals surface area contributed by atoms with Crippen molar-refractivity contribution in [1.82, 2.24) is 4.98 Å². The van der Waals surface area contributed by atoms with Crippen molar-refractivity contribution < 1.29 is 23.0 Å². The van der Waals surface area contributed by atoms with E-state index >= 15 is 0 Å². The second-order valence-corrected chi connectivity index (χ2v) is 7.86. The summed E-state index contributed by atoms with van der Waals surface area (Å²) in [6, 6.07) is 13.1. The highest BCUT2D eigenvalue weighted by Gasteiger charge is 2.21. The Morgan fingerprint density at radius 1 is 0.926 bits per heavy atom. The molecule has 0 radical (unpaired) electrons. The number of aromatic nitrogens is 1. The van der Waals surface area contributed by atoms with E-state index in [1.165, 1.54) is 26.5 Å². The molecule has 3 rings (SSSR count). The Balaban J connectivity index is 1.95. The molecule has 0 aliphatic rings. The van der Waals surface area contributed by atoms with Crippen molar-refractivity contribution in [2.75, 3.05) is 14.2 Å². The minimum absolute atomic E-state index is 0.0689. The fraction of sp³-hybridized carbons (Fsp3) is 0.150. The van der Waals surface area contributed by atoms with Gasteiger partial charge in [-0.2, -0.15) is 0 Å². The first-order chi connectivity index (χ1) is 12.9. The number of aromatic hydroxyl groups is 1. The summed E-state index contributed by atoms with van der Waals surface area (Å²) in [4.78, 5) is 4.22. The lowest BCUT2D eigenvalue weighted by Crippen LogP contribution is -2.07. The molecule has 2 aromatic carbocycles. The topological polar surface area (TPSA) is 85.7 Å². The lowest BCUT2D eigenvalue weighted by atomic mass is 10.1. The van der Waals surface area contributed by atoms with E-state index in [9.17, 15) is 13.5 Å². The quantitative estimate of drug-likeness (QED) is 0.700. The highest BCUT2D eigenvalue weighted by Crippen LogP contribution is 2.31. The molecular weight excluding hydrogens is 366 g/mol. The van der Waals surface area contributed by atoms with Crippen LogP contribution in [0.5, 0.6) is 17.2 Å². The summed E-state index contributed by atoms with van der Waals surface area (Å²) in [6.45, 7) is 0. The summed E-state index contributed by atoms with van der Waals surface area (Å²) in [5.74, 6) is 0.634. The molecular formula is C20H19NO5S. The van der Waals surface area contributed by atoms with Crippen LogP contribution in [0.4, 0.5) is 0 Å². The molecule has 0 amide bonds. The molecule has 0 unspecified atom stereocenters. The van der Waals surface area contributed by atoms with Crippen LogP contribution in [0.1, 0.15) is 5.56 Å². The number of ether oxygens (including phenoxy) is 2. The van der Waals surface area contributed by atoms with Gasteiger partial charge in [-0.05, 0) is 41.5 Å². The van der Waals surface area contributed by atoms with E-state index in [1.54, 1.807) is 48.7 Å². The van der Waals surface area contributed by atoms with Crippen LogP contribution in [0, 0.1) is 0 Å². The maximum absolute atomic E-state index is 12.9. The van der Waals surface area contributed by atoms with E-state index < -0.39 is 9.84 Å². The summed E-state index contributed by atoms with van der Waals surface area (Å²) in [6.07, 6.45) is 3.17. The van der Waals surface area contributed by atoms with Gasteiger partial charge in [0, 0.05) is 24.0 Å². The molecule has 0 saturated heterocycles. The minimum Gasteiger partial charge on any atom is -0.508 e. The number of nitrogens with zero attached hydrogens (tertiary/aromatic N) is 1. The highest BCUT2D eigenvalue weighted by atomic mass is 32.2. The Labute approximate surface area is 158 Å². The van der Waals surface area contributed by atoms with Gasteiger partial charge in [-0.15, -0.1) is 0 Å². The average Bonchev–Trinajstić information content (AvgIpc) is 2.68. The van der Waals surface area contributed by atoms with Gasteiger partial charge in [0.15, 0.2) is 9.84 Å². The van der Waals surface area contributed by atoms with E-state index in [0.29, 0.717) is 11.3 Å². The van der Waals surface area contributed by atoms with E-state index in [0.717, 1.165) is 11.1 Å². The zero-order chi connectivity index (χ0) is 19.4. The number of pyridine rings is 1. The molecule has 140 valence electrons. The molecule has 3 aromatic rings. The van der Waals surface area contributed by atoms with E-state index in [2.05, 4.69) is 4.98 Å². The van der Waals surface area contributed by atoms with Crippen molar-refractivity contribution in [3.8, 4) is 28.4 Å². The van der Waals surface area contributed by atoms with Crippen molar-refractivity contribution >= 4 is 9.84 Å². The van der Waals surface area contributed by atoms with Crippen molar-refractivity contribution in [3.63, 3.8) is 0 Å². The lowest BCUT2D eigenvalue weighted by molar-refractivity contribution is 0.392. The van der Waals surface area contributed by atoms with Crippen LogP contribution in [0.25, 0.3) is 11.1 Å². The highest BCUT2D eigenvalue weighted by molar-refractivity contribution is 7.90. The van der Waals surface area contributed by atoms with Gasteiger partial charge < -0.3 is 14.6 Å². The number of rotatable bonds is 6. The van der Waals surface area contributed by atoms with Crippen LogP contribution in [-0.2, 0) is 15.6 Å². The van der Waals surface area contributed by atoms with Crippen LogP contribution in [0.15, 0.2) is 65.8 Å². The van der Waals surface area contributed by atoms with Gasteiger partial charge in [-0.3, -0.25) is 4.98 Å². The number of phenolic OH excluding ortho intramolecular Hbond substituents is 1. The molecule has 0 fully saturated rings. The largest absolute Gasteiger partial charge is 0.508 e. The number of methoxy groups -OCH3 is 2. The number of benzene rings is 2. The predicted octanol–water partition coefficient (Wildman–Crippen LogP) is 3.45. The zero-order valence-corrected chi connectivity index (χ0v) is 15.7. The van der Waals surface area contributed by atoms with E-state index in [-0.39, 0.29) is 22.1 Å². The Kier molecular flexibility index (Phi) is 5.32. The first kappa shape index (κ1) is 18.7. The van der Waals surface area contributed by atoms with Crippen LogP contribution >= 0.6 is 0 Å². The maximum Gasteiger partial charge on any atom is 0.186 e. The summed E-state index contributed by atoms with van der Waals surface area (Å²) in [5.41, 5.74) is 2.14. The van der Waals surface area contributed by atoms with Gasteiger partial charge in [0.1, 0.15) is 22.1 Å². The molecule has 7 heteroatoms. The number of hydrogen-bond acceptors (Lipinski definition) is 6. The van der Waals surface area contributed by atoms with E-state index in [4.69, 9.17) is 9.47 Å². The molecule has 1 heterocycles. The molecule has 0 saturated carbocycles. The van der Waals surface area contributed by atoms with E-state index in [1.807, 2.05) is 0 Å². The molecule has 0 aliphatic heterocycles. The number of sulfone groups is 1. The number of hydrogen-bond donors (Lipinski definition) is 1. The smallest absolute Gasteiger partial charge is 0.186 e. The molecule has 1 aromatic heterocycles. The predicted molar refractivity (Wildman–Crippen MR) is 102 cm³/mol. The number of phenols is 1. The monoisotopic (exact) mass is 385 g/mol. The fourth-order valence-electron chi connectivity index (χ4n) is 2.70. The van der Waals surface area contributed by atoms with Crippen molar-refractivity contribution in [2.45, 2.75) is 10.6 Å². The Morgan fingerprint density at radius 2 is 1.67 bits per heavy atom.